The zero-order valence-electron chi connectivity index (χ0n) is 26.8. The topological polar surface area (TPSA) is 51.8 Å². The monoisotopic (exact) mass is 629 g/mol. The number of hydrogen-bond donors (Lipinski definition) is 0. The van der Waals surface area contributed by atoms with Crippen LogP contribution in [-0.4, -0.2) is 15.0 Å². The van der Waals surface area contributed by atoms with Crippen LogP contribution in [0.25, 0.3) is 83.9 Å². The van der Waals surface area contributed by atoms with Crippen molar-refractivity contribution in [2.45, 2.75) is 12.8 Å². The fourth-order valence-electron chi connectivity index (χ4n) is 6.71. The number of furan rings is 1. The second-order valence-corrected chi connectivity index (χ2v) is 12.3. The van der Waals surface area contributed by atoms with Crippen LogP contribution in [0.3, 0.4) is 0 Å². The Balaban J connectivity index is 1.27. The highest BCUT2D eigenvalue weighted by molar-refractivity contribution is 6.13. The minimum absolute atomic E-state index is 0.570. The highest BCUT2D eigenvalue weighted by Gasteiger charge is 2.21. The van der Waals surface area contributed by atoms with Gasteiger partial charge in [0.25, 0.3) is 0 Å². The van der Waals surface area contributed by atoms with Crippen LogP contribution in [0, 0.1) is 0 Å². The standard InChI is InChI=1S/C45H31N3O/c1-5-15-30(16-6-1)34-23-13-24-35(27-34)44-46-43(33-21-11-4-12-22-33)47-45(48-44)38-26-14-25-37-40-29-36(31-17-7-2-8-18-31)28-39(42(40)49-41(37)38)32-19-9-3-10-20-32/h1-2,4-9,11-29H,3,10H2. The van der Waals surface area contributed by atoms with Gasteiger partial charge in [-0.3, -0.25) is 0 Å². The van der Waals surface area contributed by atoms with E-state index in [2.05, 4.69) is 127 Å². The SMILES string of the molecule is C1=CC(c2cc(-c3ccccc3)cc3c2oc2c(-c4nc(-c5ccccc5)nc(-c5cccc(-c6ccccc6)c5)n4)cccc23)=CCC1. The van der Waals surface area contributed by atoms with Crippen LogP contribution in [0.15, 0.2) is 168 Å². The van der Waals surface area contributed by atoms with Crippen molar-refractivity contribution in [2.24, 2.45) is 0 Å². The van der Waals surface area contributed by atoms with Crippen molar-refractivity contribution in [3.8, 4) is 56.4 Å². The minimum atomic E-state index is 0.570. The lowest BCUT2D eigenvalue weighted by Gasteiger charge is -2.11. The molecule has 0 N–H and O–H groups in total. The van der Waals surface area contributed by atoms with Crippen molar-refractivity contribution in [2.75, 3.05) is 0 Å². The minimum Gasteiger partial charge on any atom is -0.455 e. The van der Waals surface area contributed by atoms with Gasteiger partial charge in [-0.2, -0.15) is 0 Å². The lowest BCUT2D eigenvalue weighted by atomic mass is 9.93. The second kappa shape index (κ2) is 12.3. The number of nitrogens with zero attached hydrogens (tertiary/aromatic N) is 3. The molecular formula is C45H31N3O. The molecular weight excluding hydrogens is 599 g/mol. The summed E-state index contributed by atoms with van der Waals surface area (Å²) in [5, 5.41) is 2.10. The van der Waals surface area contributed by atoms with E-state index in [4.69, 9.17) is 19.4 Å². The predicted molar refractivity (Wildman–Crippen MR) is 201 cm³/mol. The van der Waals surface area contributed by atoms with Crippen LogP contribution in [0.4, 0.5) is 0 Å². The molecule has 1 aliphatic carbocycles. The summed E-state index contributed by atoms with van der Waals surface area (Å²) < 4.78 is 6.91. The average Bonchev–Trinajstić information content (AvgIpc) is 3.58. The average molecular weight is 630 g/mol. The lowest BCUT2D eigenvalue weighted by molar-refractivity contribution is 0.668. The molecule has 1 aliphatic rings. The molecule has 9 rings (SSSR count). The van der Waals surface area contributed by atoms with Gasteiger partial charge >= 0.3 is 0 Å². The van der Waals surface area contributed by atoms with Crippen LogP contribution in [-0.2, 0) is 0 Å². The Hall–Kier alpha value is -6.39. The van der Waals surface area contributed by atoms with Crippen molar-refractivity contribution in [3.05, 3.63) is 169 Å². The van der Waals surface area contributed by atoms with Gasteiger partial charge in [0.2, 0.25) is 0 Å². The summed E-state index contributed by atoms with van der Waals surface area (Å²) in [6, 6.07) is 50.2. The smallest absolute Gasteiger partial charge is 0.167 e. The summed E-state index contributed by atoms with van der Waals surface area (Å²) in [5.41, 5.74) is 11.2. The number of allylic oxidation sites excluding steroid dienone is 4. The van der Waals surface area contributed by atoms with Gasteiger partial charge in [-0.05, 0) is 64.9 Å². The maximum absolute atomic E-state index is 6.91. The van der Waals surface area contributed by atoms with E-state index in [0.717, 1.165) is 73.7 Å². The van der Waals surface area contributed by atoms with Crippen LogP contribution in [0.5, 0.6) is 0 Å². The van der Waals surface area contributed by atoms with E-state index in [1.807, 2.05) is 36.4 Å². The number of para-hydroxylation sites is 1. The molecule has 2 heterocycles. The van der Waals surface area contributed by atoms with Crippen molar-refractivity contribution < 1.29 is 4.42 Å². The molecule has 8 aromatic rings. The number of aromatic nitrogens is 3. The molecule has 0 bridgehead atoms. The summed E-state index contributed by atoms with van der Waals surface area (Å²) in [4.78, 5) is 15.2. The number of rotatable bonds is 6. The Labute approximate surface area is 284 Å². The number of fused-ring (bicyclic) bond motifs is 3. The zero-order valence-corrected chi connectivity index (χ0v) is 26.8. The molecule has 0 aliphatic heterocycles. The summed E-state index contributed by atoms with van der Waals surface area (Å²) >= 11 is 0. The first kappa shape index (κ1) is 28.8. The van der Waals surface area contributed by atoms with E-state index in [0.29, 0.717) is 17.5 Å². The molecule has 4 nitrogen and oxygen atoms in total. The first-order chi connectivity index (χ1) is 24.3. The largest absolute Gasteiger partial charge is 0.455 e. The zero-order chi connectivity index (χ0) is 32.6. The van der Waals surface area contributed by atoms with E-state index >= 15 is 0 Å². The fraction of sp³-hybridized carbons (Fsp3) is 0.0444. The van der Waals surface area contributed by atoms with Crippen molar-refractivity contribution >= 4 is 27.5 Å². The third-order valence-corrected chi connectivity index (χ3v) is 9.15. The highest BCUT2D eigenvalue weighted by Crippen LogP contribution is 2.42. The Morgan fingerprint density at radius 2 is 1.00 bits per heavy atom. The molecule has 0 saturated carbocycles. The van der Waals surface area contributed by atoms with Gasteiger partial charge in [-0.15, -0.1) is 0 Å². The molecule has 0 fully saturated rings. The molecule has 49 heavy (non-hydrogen) atoms. The first-order valence-electron chi connectivity index (χ1n) is 16.7. The summed E-state index contributed by atoms with van der Waals surface area (Å²) in [7, 11) is 0. The van der Waals surface area contributed by atoms with Crippen molar-refractivity contribution in [1.29, 1.82) is 0 Å². The number of benzene rings is 6. The molecule has 4 heteroatoms. The maximum Gasteiger partial charge on any atom is 0.167 e. The molecule has 2 aromatic heterocycles. The fourth-order valence-corrected chi connectivity index (χ4v) is 6.71. The van der Waals surface area contributed by atoms with Crippen LogP contribution >= 0.6 is 0 Å². The quantitative estimate of drug-likeness (QED) is 0.184. The molecule has 0 radical (unpaired) electrons. The first-order valence-corrected chi connectivity index (χ1v) is 16.7. The van der Waals surface area contributed by atoms with E-state index in [1.54, 1.807) is 0 Å². The second-order valence-electron chi connectivity index (χ2n) is 12.3. The summed E-state index contributed by atoms with van der Waals surface area (Å²) in [5.74, 6) is 1.79. The Kier molecular flexibility index (Phi) is 7.25. The molecule has 0 amide bonds. The van der Waals surface area contributed by atoms with Crippen LogP contribution in [0.1, 0.15) is 18.4 Å². The summed E-state index contributed by atoms with van der Waals surface area (Å²) in [6.07, 6.45) is 8.83. The van der Waals surface area contributed by atoms with Gasteiger partial charge in [0.15, 0.2) is 17.5 Å². The lowest BCUT2D eigenvalue weighted by Crippen LogP contribution is -2.00. The Morgan fingerprint density at radius 1 is 0.408 bits per heavy atom. The molecule has 0 saturated heterocycles. The van der Waals surface area contributed by atoms with Crippen molar-refractivity contribution in [3.63, 3.8) is 0 Å². The van der Waals surface area contributed by atoms with E-state index in [9.17, 15) is 0 Å². The molecule has 6 aromatic carbocycles. The predicted octanol–water partition coefficient (Wildman–Crippen LogP) is 11.8. The highest BCUT2D eigenvalue weighted by atomic mass is 16.3. The van der Waals surface area contributed by atoms with Crippen LogP contribution < -0.4 is 0 Å². The maximum atomic E-state index is 6.91. The normalized spacial score (nSPS) is 12.8. The Morgan fingerprint density at radius 3 is 1.71 bits per heavy atom. The summed E-state index contributed by atoms with van der Waals surface area (Å²) in [6.45, 7) is 0. The van der Waals surface area contributed by atoms with Gasteiger partial charge < -0.3 is 4.42 Å². The third-order valence-electron chi connectivity index (χ3n) is 9.15. The van der Waals surface area contributed by atoms with Gasteiger partial charge in [0.1, 0.15) is 11.2 Å². The van der Waals surface area contributed by atoms with E-state index in [-0.39, 0.29) is 0 Å². The van der Waals surface area contributed by atoms with Crippen molar-refractivity contribution in [1.82, 2.24) is 15.0 Å². The van der Waals surface area contributed by atoms with Gasteiger partial charge in [-0.25, -0.2) is 15.0 Å². The molecule has 0 atom stereocenters. The molecule has 0 spiro atoms. The van der Waals surface area contributed by atoms with Gasteiger partial charge in [-0.1, -0.05) is 140 Å². The third kappa shape index (κ3) is 5.43. The van der Waals surface area contributed by atoms with E-state index in [1.165, 1.54) is 11.1 Å². The van der Waals surface area contributed by atoms with E-state index < -0.39 is 0 Å². The number of hydrogen-bond acceptors (Lipinski definition) is 4. The van der Waals surface area contributed by atoms with Gasteiger partial charge in [0.05, 0.1) is 5.56 Å². The molecule has 0 unspecified atom stereocenters. The van der Waals surface area contributed by atoms with Crippen LogP contribution in [0.2, 0.25) is 0 Å². The molecule has 232 valence electrons. The Bertz CT molecular complexity index is 2530. The van der Waals surface area contributed by atoms with Gasteiger partial charge in [0, 0.05) is 27.5 Å².